The van der Waals surface area contributed by atoms with Gasteiger partial charge in [-0.15, -0.1) is 0 Å². The van der Waals surface area contributed by atoms with Gasteiger partial charge in [-0.3, -0.25) is 0 Å². The summed E-state index contributed by atoms with van der Waals surface area (Å²) in [5.74, 6) is 0.812. The molecule has 1 aromatic carbocycles. The van der Waals surface area contributed by atoms with Gasteiger partial charge in [-0.25, -0.2) is 0 Å². The third-order valence-electron chi connectivity index (χ3n) is 4.16. The quantitative estimate of drug-likeness (QED) is 0.926. The fourth-order valence-corrected chi connectivity index (χ4v) is 2.97. The minimum atomic E-state index is 0.812. The van der Waals surface area contributed by atoms with Gasteiger partial charge < -0.3 is 10.2 Å². The molecule has 1 N–H and O–H groups in total. The Morgan fingerprint density at radius 3 is 2.85 bits per heavy atom. The zero-order valence-corrected chi connectivity index (χ0v) is 12.0. The van der Waals surface area contributed by atoms with Crippen molar-refractivity contribution in [3.8, 4) is 0 Å². The van der Waals surface area contributed by atoms with Crippen molar-refractivity contribution in [2.45, 2.75) is 19.8 Å². The number of hydrogen-bond acceptors (Lipinski definition) is 4. The number of benzene rings is 1. The van der Waals surface area contributed by atoms with E-state index in [4.69, 9.17) is 0 Å². The van der Waals surface area contributed by atoms with Crippen LogP contribution in [0.2, 0.25) is 0 Å². The Morgan fingerprint density at radius 2 is 2.05 bits per heavy atom. The normalized spacial score (nSPS) is 16.8. The van der Waals surface area contributed by atoms with Gasteiger partial charge in [0.05, 0.1) is 17.4 Å². The number of fused-ring (bicyclic) bond motifs is 1. The van der Waals surface area contributed by atoms with Crippen LogP contribution in [0, 0.1) is 5.92 Å². The summed E-state index contributed by atoms with van der Waals surface area (Å²) in [7, 11) is 0. The average Bonchev–Trinajstić information content (AvgIpc) is 2.53. The average molecular weight is 270 g/mol. The molecule has 0 bridgehead atoms. The van der Waals surface area contributed by atoms with Crippen LogP contribution >= 0.6 is 0 Å². The second-order valence-corrected chi connectivity index (χ2v) is 5.49. The zero-order chi connectivity index (χ0) is 13.8. The highest BCUT2D eigenvalue weighted by Gasteiger charge is 2.20. The van der Waals surface area contributed by atoms with Crippen LogP contribution in [0.25, 0.3) is 10.9 Å². The standard InChI is InChI=1S/C16H22N4/c1-2-17-11-13-7-9-20(10-8-13)16-12-18-19-15-6-4-3-5-14(15)16/h3-6,12-13,17H,2,7-11H2,1H3. The first kappa shape index (κ1) is 13.3. The summed E-state index contributed by atoms with van der Waals surface area (Å²) in [6, 6.07) is 8.27. The van der Waals surface area contributed by atoms with E-state index in [0.717, 1.165) is 37.6 Å². The molecule has 4 heteroatoms. The molecule has 2 heterocycles. The van der Waals surface area contributed by atoms with Crippen molar-refractivity contribution in [2.75, 3.05) is 31.1 Å². The number of nitrogens with one attached hydrogen (secondary N) is 1. The maximum atomic E-state index is 4.21. The molecule has 3 rings (SSSR count). The smallest absolute Gasteiger partial charge is 0.0950 e. The highest BCUT2D eigenvalue weighted by Crippen LogP contribution is 2.28. The molecule has 20 heavy (non-hydrogen) atoms. The molecule has 2 aromatic rings. The molecule has 1 aliphatic heterocycles. The molecule has 106 valence electrons. The van der Waals surface area contributed by atoms with Gasteiger partial charge >= 0.3 is 0 Å². The van der Waals surface area contributed by atoms with Crippen molar-refractivity contribution in [1.82, 2.24) is 15.5 Å². The number of piperidine rings is 1. The molecule has 0 spiro atoms. The first-order valence-corrected chi connectivity index (χ1v) is 7.54. The van der Waals surface area contributed by atoms with Gasteiger partial charge in [-0.1, -0.05) is 25.1 Å². The van der Waals surface area contributed by atoms with Gasteiger partial charge in [0.2, 0.25) is 0 Å². The van der Waals surface area contributed by atoms with Crippen LogP contribution in [0.4, 0.5) is 5.69 Å². The lowest BCUT2D eigenvalue weighted by molar-refractivity contribution is 0.387. The van der Waals surface area contributed by atoms with Gasteiger partial charge in [0.15, 0.2) is 0 Å². The van der Waals surface area contributed by atoms with Gasteiger partial charge in [0.25, 0.3) is 0 Å². The highest BCUT2D eigenvalue weighted by molar-refractivity contribution is 5.90. The second-order valence-electron chi connectivity index (χ2n) is 5.49. The lowest BCUT2D eigenvalue weighted by Crippen LogP contribution is -2.37. The summed E-state index contributed by atoms with van der Waals surface area (Å²) < 4.78 is 0. The lowest BCUT2D eigenvalue weighted by Gasteiger charge is -2.34. The van der Waals surface area contributed by atoms with Crippen LogP contribution < -0.4 is 10.2 Å². The maximum Gasteiger partial charge on any atom is 0.0950 e. The zero-order valence-electron chi connectivity index (χ0n) is 12.0. The molecule has 0 aliphatic carbocycles. The molecule has 0 unspecified atom stereocenters. The van der Waals surface area contributed by atoms with Crippen molar-refractivity contribution in [2.24, 2.45) is 5.92 Å². The van der Waals surface area contributed by atoms with Crippen molar-refractivity contribution in [3.05, 3.63) is 30.5 Å². The van der Waals surface area contributed by atoms with Gasteiger partial charge in [0.1, 0.15) is 0 Å². The Kier molecular flexibility index (Phi) is 4.11. The molecule has 1 fully saturated rings. The molecule has 4 nitrogen and oxygen atoms in total. The molecule has 0 amide bonds. The van der Waals surface area contributed by atoms with E-state index in [2.05, 4.69) is 39.5 Å². The first-order valence-electron chi connectivity index (χ1n) is 7.54. The van der Waals surface area contributed by atoms with Crippen LogP contribution in [0.15, 0.2) is 30.5 Å². The number of nitrogens with zero attached hydrogens (tertiary/aromatic N) is 3. The predicted octanol–water partition coefficient (Wildman–Crippen LogP) is 2.46. The summed E-state index contributed by atoms with van der Waals surface area (Å²) in [6.07, 6.45) is 4.42. The van der Waals surface area contributed by atoms with Gasteiger partial charge in [0, 0.05) is 18.5 Å². The van der Waals surface area contributed by atoms with E-state index in [1.54, 1.807) is 0 Å². The van der Waals surface area contributed by atoms with E-state index in [1.807, 2.05) is 18.3 Å². The summed E-state index contributed by atoms with van der Waals surface area (Å²) in [4.78, 5) is 2.46. The number of anilines is 1. The minimum Gasteiger partial charge on any atom is -0.370 e. The summed E-state index contributed by atoms with van der Waals surface area (Å²) in [6.45, 7) is 6.63. The monoisotopic (exact) mass is 270 g/mol. The molecule has 0 saturated carbocycles. The molecule has 1 saturated heterocycles. The van der Waals surface area contributed by atoms with E-state index in [0.29, 0.717) is 0 Å². The Labute approximate surface area is 120 Å². The maximum absolute atomic E-state index is 4.21. The topological polar surface area (TPSA) is 41.0 Å². The van der Waals surface area contributed by atoms with E-state index in [1.165, 1.54) is 23.9 Å². The number of rotatable bonds is 4. The molecular formula is C16H22N4. The van der Waals surface area contributed by atoms with Gasteiger partial charge in [-0.05, 0) is 37.9 Å². The van der Waals surface area contributed by atoms with Crippen LogP contribution in [0.1, 0.15) is 19.8 Å². The van der Waals surface area contributed by atoms with E-state index >= 15 is 0 Å². The van der Waals surface area contributed by atoms with Crippen LogP contribution in [0.3, 0.4) is 0 Å². The fraction of sp³-hybridized carbons (Fsp3) is 0.500. The molecule has 0 radical (unpaired) electrons. The number of aromatic nitrogens is 2. The second kappa shape index (κ2) is 6.18. The molecule has 0 atom stereocenters. The Bertz CT molecular complexity index is 556. The predicted molar refractivity (Wildman–Crippen MR) is 83.0 cm³/mol. The van der Waals surface area contributed by atoms with Crippen molar-refractivity contribution in [1.29, 1.82) is 0 Å². The summed E-state index contributed by atoms with van der Waals surface area (Å²) in [5.41, 5.74) is 2.22. The van der Waals surface area contributed by atoms with Crippen LogP contribution in [-0.4, -0.2) is 36.4 Å². The fourth-order valence-electron chi connectivity index (χ4n) is 2.97. The van der Waals surface area contributed by atoms with Crippen molar-refractivity contribution in [3.63, 3.8) is 0 Å². The third kappa shape index (κ3) is 2.75. The summed E-state index contributed by atoms with van der Waals surface area (Å²) >= 11 is 0. The molecule has 1 aliphatic rings. The largest absolute Gasteiger partial charge is 0.370 e. The van der Waals surface area contributed by atoms with Crippen molar-refractivity contribution >= 4 is 16.6 Å². The van der Waals surface area contributed by atoms with Crippen molar-refractivity contribution < 1.29 is 0 Å². The Balaban J connectivity index is 1.74. The molecule has 1 aromatic heterocycles. The van der Waals surface area contributed by atoms with Crippen LogP contribution in [0.5, 0.6) is 0 Å². The van der Waals surface area contributed by atoms with E-state index < -0.39 is 0 Å². The lowest BCUT2D eigenvalue weighted by atomic mass is 9.96. The van der Waals surface area contributed by atoms with Gasteiger partial charge in [-0.2, -0.15) is 10.2 Å². The first-order chi connectivity index (χ1) is 9.88. The number of hydrogen-bond donors (Lipinski definition) is 1. The highest BCUT2D eigenvalue weighted by atomic mass is 15.2. The summed E-state index contributed by atoms with van der Waals surface area (Å²) in [5, 5.41) is 13.0. The van der Waals surface area contributed by atoms with Crippen LogP contribution in [-0.2, 0) is 0 Å². The van der Waals surface area contributed by atoms with E-state index in [-0.39, 0.29) is 0 Å². The SMILES string of the molecule is CCNCC1CCN(c2cnnc3ccccc23)CC1. The Hall–Kier alpha value is -1.68. The Morgan fingerprint density at radius 1 is 1.25 bits per heavy atom. The minimum absolute atomic E-state index is 0.812. The third-order valence-corrected chi connectivity index (χ3v) is 4.16. The van der Waals surface area contributed by atoms with E-state index in [9.17, 15) is 0 Å². The molecular weight excluding hydrogens is 248 g/mol.